The highest BCUT2D eigenvalue weighted by Crippen LogP contribution is 2.31. The second-order valence-electron chi connectivity index (χ2n) is 10.4. The first-order chi connectivity index (χ1) is 18.1. The number of rotatable bonds is 5. The van der Waals surface area contributed by atoms with Gasteiger partial charge in [-0.2, -0.15) is 0 Å². The molecule has 3 atom stereocenters. The van der Waals surface area contributed by atoms with Crippen LogP contribution >= 0.6 is 11.6 Å². The zero-order chi connectivity index (χ0) is 27.2. The molecule has 0 aromatic heterocycles. The molecule has 0 aliphatic carbocycles. The van der Waals surface area contributed by atoms with Crippen LogP contribution in [0.4, 0.5) is 10.1 Å². The first kappa shape index (κ1) is 26.6. The molecular weight excluding hydrogens is 531 g/mol. The van der Waals surface area contributed by atoms with Gasteiger partial charge in [0.1, 0.15) is 11.6 Å². The quantitative estimate of drug-likeness (QED) is 0.607. The summed E-state index contributed by atoms with van der Waals surface area (Å²) in [5, 5.41) is 3.10. The van der Waals surface area contributed by atoms with Crippen molar-refractivity contribution < 1.29 is 23.0 Å². The number of carbonyl (C=O) groups is 3. The fourth-order valence-electron chi connectivity index (χ4n) is 5.59. The van der Waals surface area contributed by atoms with E-state index >= 15 is 0 Å². The Kier molecular flexibility index (Phi) is 7.21. The van der Waals surface area contributed by atoms with E-state index in [-0.39, 0.29) is 51.9 Å². The summed E-state index contributed by atoms with van der Waals surface area (Å²) in [4.78, 5) is 43.3. The van der Waals surface area contributed by atoms with Gasteiger partial charge in [-0.1, -0.05) is 17.7 Å². The minimum absolute atomic E-state index is 0.000547. The van der Waals surface area contributed by atoms with Gasteiger partial charge in [0, 0.05) is 55.9 Å². The van der Waals surface area contributed by atoms with Crippen molar-refractivity contribution in [3.8, 4) is 0 Å². The standard InChI is InChI=1S/C27H30ClFN4O4S/c1-17-18(2)33(11-10-32(17)21-5-3-4-20(29)13-21)26(36)19-6-7-23(22(28)12-19)38(37)14-25(35)31-15-27(16-31)9-8-24(34)30-27/h3-7,12-13,17-18H,8-11,14-16H2,1-2H3,(H,30,34)/t17-,18-,38?/m0/s1. The molecule has 3 fully saturated rings. The Hall–Kier alpha value is -2.98. The number of hydrogen-bond acceptors (Lipinski definition) is 5. The van der Waals surface area contributed by atoms with Gasteiger partial charge in [0.2, 0.25) is 11.8 Å². The van der Waals surface area contributed by atoms with E-state index in [1.807, 2.05) is 19.9 Å². The minimum Gasteiger partial charge on any atom is -0.365 e. The van der Waals surface area contributed by atoms with Crippen LogP contribution in [0, 0.1) is 5.82 Å². The number of benzene rings is 2. The number of hydrogen-bond donors (Lipinski definition) is 1. The maximum atomic E-state index is 13.7. The van der Waals surface area contributed by atoms with Crippen molar-refractivity contribution >= 4 is 45.8 Å². The molecule has 1 spiro atoms. The number of anilines is 1. The highest BCUT2D eigenvalue weighted by molar-refractivity contribution is 7.85. The van der Waals surface area contributed by atoms with Gasteiger partial charge in [-0.25, -0.2) is 4.39 Å². The molecular formula is C27H30ClFN4O4S. The maximum Gasteiger partial charge on any atom is 0.254 e. The number of halogens is 2. The minimum atomic E-state index is -1.67. The van der Waals surface area contributed by atoms with Crippen LogP contribution in [0.1, 0.15) is 37.0 Å². The Morgan fingerprint density at radius 1 is 1.13 bits per heavy atom. The van der Waals surface area contributed by atoms with Crippen LogP contribution in [0.2, 0.25) is 5.02 Å². The first-order valence-electron chi connectivity index (χ1n) is 12.7. The van der Waals surface area contributed by atoms with Gasteiger partial charge >= 0.3 is 0 Å². The second-order valence-corrected chi connectivity index (χ2v) is 12.2. The average Bonchev–Trinajstić information content (AvgIpc) is 3.26. The van der Waals surface area contributed by atoms with E-state index in [0.29, 0.717) is 49.5 Å². The fourth-order valence-corrected chi connectivity index (χ4v) is 7.08. The molecule has 2 aromatic carbocycles. The van der Waals surface area contributed by atoms with Gasteiger partial charge in [0.25, 0.3) is 5.91 Å². The molecule has 202 valence electrons. The highest BCUT2D eigenvalue weighted by Gasteiger charge is 2.49. The Morgan fingerprint density at radius 3 is 2.55 bits per heavy atom. The summed E-state index contributed by atoms with van der Waals surface area (Å²) in [7, 11) is -1.67. The number of nitrogens with one attached hydrogen (secondary N) is 1. The SMILES string of the molecule is C[C@H]1[C@H](C)N(c2cccc(F)c2)CCN1C(=O)c1ccc(S(=O)CC(=O)N2CC3(CCC(=O)N3)C2)c(Cl)c1. The van der Waals surface area contributed by atoms with Crippen molar-refractivity contribution in [1.29, 1.82) is 0 Å². The number of piperazine rings is 1. The van der Waals surface area contributed by atoms with Crippen molar-refractivity contribution in [3.05, 3.63) is 58.9 Å². The number of likely N-dealkylation sites (tertiary alicyclic amines) is 1. The third-order valence-corrected chi connectivity index (χ3v) is 9.70. The molecule has 38 heavy (non-hydrogen) atoms. The van der Waals surface area contributed by atoms with Crippen LogP contribution < -0.4 is 10.2 Å². The summed E-state index contributed by atoms with van der Waals surface area (Å²) in [6, 6.07) is 10.9. The van der Waals surface area contributed by atoms with Gasteiger partial charge in [-0.05, 0) is 56.7 Å². The lowest BCUT2D eigenvalue weighted by Gasteiger charge is -2.47. The summed E-state index contributed by atoms with van der Waals surface area (Å²) in [6.07, 6.45) is 1.17. The fraction of sp³-hybridized carbons (Fsp3) is 0.444. The molecule has 0 radical (unpaired) electrons. The summed E-state index contributed by atoms with van der Waals surface area (Å²) in [6.45, 7) is 5.84. The lowest BCUT2D eigenvalue weighted by molar-refractivity contribution is -0.137. The van der Waals surface area contributed by atoms with Gasteiger partial charge < -0.3 is 20.0 Å². The molecule has 3 heterocycles. The molecule has 0 saturated carbocycles. The van der Waals surface area contributed by atoms with Crippen LogP contribution in [0.15, 0.2) is 47.4 Å². The topological polar surface area (TPSA) is 90.0 Å². The smallest absolute Gasteiger partial charge is 0.254 e. The Balaban J connectivity index is 1.21. The Morgan fingerprint density at radius 2 is 1.89 bits per heavy atom. The van der Waals surface area contributed by atoms with E-state index in [1.165, 1.54) is 18.2 Å². The normalized spacial score (nSPS) is 23.3. The molecule has 5 rings (SSSR count). The van der Waals surface area contributed by atoms with Crippen LogP contribution in [0.25, 0.3) is 0 Å². The van der Waals surface area contributed by atoms with E-state index in [1.54, 1.807) is 28.0 Å². The van der Waals surface area contributed by atoms with Crippen LogP contribution in [0.5, 0.6) is 0 Å². The van der Waals surface area contributed by atoms with E-state index in [9.17, 15) is 23.0 Å². The zero-order valence-electron chi connectivity index (χ0n) is 21.3. The van der Waals surface area contributed by atoms with Crippen LogP contribution in [-0.2, 0) is 20.4 Å². The largest absolute Gasteiger partial charge is 0.365 e. The van der Waals surface area contributed by atoms with E-state index in [2.05, 4.69) is 10.2 Å². The molecule has 1 unspecified atom stereocenters. The molecule has 3 amide bonds. The Bertz CT molecular complexity index is 1320. The number of nitrogens with zero attached hydrogens (tertiary/aromatic N) is 3. The third kappa shape index (κ3) is 5.03. The predicted molar refractivity (Wildman–Crippen MR) is 143 cm³/mol. The third-order valence-electron chi connectivity index (χ3n) is 7.92. The van der Waals surface area contributed by atoms with Gasteiger partial charge in [0.05, 0.1) is 26.3 Å². The van der Waals surface area contributed by atoms with E-state index in [0.717, 1.165) is 5.69 Å². The summed E-state index contributed by atoms with van der Waals surface area (Å²) >= 11 is 6.44. The molecule has 1 N–H and O–H groups in total. The molecule has 2 aromatic rings. The van der Waals surface area contributed by atoms with E-state index in [4.69, 9.17) is 11.6 Å². The first-order valence-corrected chi connectivity index (χ1v) is 14.4. The average molecular weight is 561 g/mol. The van der Waals surface area contributed by atoms with Gasteiger partial charge in [0.15, 0.2) is 0 Å². The van der Waals surface area contributed by atoms with Gasteiger partial charge in [-0.3, -0.25) is 18.6 Å². The highest BCUT2D eigenvalue weighted by atomic mass is 35.5. The zero-order valence-corrected chi connectivity index (χ0v) is 22.9. The Labute approximate surface area is 228 Å². The summed E-state index contributed by atoms with van der Waals surface area (Å²) in [5.74, 6) is -0.966. The maximum absolute atomic E-state index is 13.7. The molecule has 3 saturated heterocycles. The van der Waals surface area contributed by atoms with Crippen LogP contribution in [-0.4, -0.2) is 81.3 Å². The monoisotopic (exact) mass is 560 g/mol. The molecule has 8 nitrogen and oxygen atoms in total. The second kappa shape index (κ2) is 10.3. The number of amides is 3. The lowest BCUT2D eigenvalue weighted by atomic mass is 9.88. The van der Waals surface area contributed by atoms with Crippen LogP contribution in [0.3, 0.4) is 0 Å². The molecule has 3 aliphatic heterocycles. The lowest BCUT2D eigenvalue weighted by Crippen LogP contribution is -2.68. The van der Waals surface area contributed by atoms with Gasteiger partial charge in [-0.15, -0.1) is 0 Å². The van der Waals surface area contributed by atoms with Crippen molar-refractivity contribution in [3.63, 3.8) is 0 Å². The van der Waals surface area contributed by atoms with Crippen molar-refractivity contribution in [2.45, 2.75) is 49.2 Å². The summed E-state index contributed by atoms with van der Waals surface area (Å²) in [5.41, 5.74) is 0.829. The molecule has 3 aliphatic rings. The number of carbonyl (C=O) groups excluding carboxylic acids is 3. The summed E-state index contributed by atoms with van der Waals surface area (Å²) < 4.78 is 26.7. The van der Waals surface area contributed by atoms with Crippen molar-refractivity contribution in [2.24, 2.45) is 0 Å². The van der Waals surface area contributed by atoms with Crippen molar-refractivity contribution in [2.75, 3.05) is 36.8 Å². The van der Waals surface area contributed by atoms with Crippen molar-refractivity contribution in [1.82, 2.24) is 15.1 Å². The van der Waals surface area contributed by atoms with E-state index < -0.39 is 10.8 Å². The predicted octanol–water partition coefficient (Wildman–Crippen LogP) is 2.82. The molecule has 0 bridgehead atoms. The molecule has 11 heteroatoms.